The van der Waals surface area contributed by atoms with E-state index in [4.69, 9.17) is 4.74 Å². The van der Waals surface area contributed by atoms with E-state index in [9.17, 15) is 0 Å². The van der Waals surface area contributed by atoms with Gasteiger partial charge in [0.05, 0.1) is 12.1 Å². The lowest BCUT2D eigenvalue weighted by Crippen LogP contribution is -2.62. The second kappa shape index (κ2) is 6.54. The summed E-state index contributed by atoms with van der Waals surface area (Å²) in [5.74, 6) is 0. The quantitative estimate of drug-likeness (QED) is 0.827. The number of aromatic nitrogens is 1. The average Bonchev–Trinajstić information content (AvgIpc) is 2.94. The first kappa shape index (κ1) is 15.9. The Labute approximate surface area is 127 Å². The van der Waals surface area contributed by atoms with Gasteiger partial charge in [0, 0.05) is 29.1 Å². The maximum atomic E-state index is 5.87. The molecule has 1 aromatic heterocycles. The van der Waals surface area contributed by atoms with Crippen molar-refractivity contribution in [3.8, 4) is 0 Å². The molecule has 0 radical (unpaired) electrons. The summed E-state index contributed by atoms with van der Waals surface area (Å²) in [4.78, 5) is 5.92. The van der Waals surface area contributed by atoms with Crippen molar-refractivity contribution in [3.05, 3.63) is 16.1 Å². The van der Waals surface area contributed by atoms with E-state index in [1.54, 1.807) is 0 Å². The first-order valence-corrected chi connectivity index (χ1v) is 8.69. The summed E-state index contributed by atoms with van der Waals surface area (Å²) in [5.41, 5.74) is 0.259. The molecule has 114 valence electrons. The highest BCUT2D eigenvalue weighted by molar-refractivity contribution is 7.11. The summed E-state index contributed by atoms with van der Waals surface area (Å²) in [6.07, 6.45) is 5.77. The number of hydrogen-bond acceptors (Lipinski definition) is 4. The Morgan fingerprint density at radius 2 is 2.25 bits per heavy atom. The molecule has 0 amide bonds. The minimum atomic E-state index is 0.259. The minimum Gasteiger partial charge on any atom is -0.378 e. The molecule has 1 heterocycles. The second-order valence-corrected chi connectivity index (χ2v) is 7.15. The fourth-order valence-corrected chi connectivity index (χ4v) is 3.94. The molecule has 0 spiro atoms. The molecule has 0 aliphatic heterocycles. The highest BCUT2D eigenvalue weighted by Gasteiger charge is 2.51. The highest BCUT2D eigenvalue weighted by Crippen LogP contribution is 2.46. The fraction of sp³-hybridized carbons (Fsp3) is 0.812. The van der Waals surface area contributed by atoms with Crippen LogP contribution in [0.25, 0.3) is 0 Å². The van der Waals surface area contributed by atoms with Gasteiger partial charge in [0.1, 0.15) is 5.01 Å². The van der Waals surface area contributed by atoms with E-state index in [0.29, 0.717) is 18.2 Å². The van der Waals surface area contributed by atoms with Gasteiger partial charge in [0.2, 0.25) is 0 Å². The Bertz CT molecular complexity index is 434. The SMILES string of the molecule is CCOC1CC(NC(C)c2ncc(CC)s2)C1(C)CC. The molecule has 3 nitrogen and oxygen atoms in total. The van der Waals surface area contributed by atoms with Crippen LogP contribution in [0.3, 0.4) is 0 Å². The molecule has 0 bridgehead atoms. The number of nitrogens with zero attached hydrogens (tertiary/aromatic N) is 1. The van der Waals surface area contributed by atoms with Crippen LogP contribution in [-0.2, 0) is 11.2 Å². The fourth-order valence-electron chi connectivity index (χ4n) is 3.07. The maximum absolute atomic E-state index is 5.87. The zero-order valence-electron chi connectivity index (χ0n) is 13.4. The summed E-state index contributed by atoms with van der Waals surface area (Å²) in [7, 11) is 0. The molecule has 1 aliphatic carbocycles. The molecule has 20 heavy (non-hydrogen) atoms. The van der Waals surface area contributed by atoms with E-state index in [2.05, 4.69) is 44.9 Å². The standard InChI is InChI=1S/C16H28N2OS/c1-6-12-10-17-15(20-12)11(4)18-13-9-14(19-8-3)16(13,5)7-2/h10-11,13-14,18H,6-9H2,1-5H3. The Hall–Kier alpha value is -0.450. The number of aryl methyl sites for hydroxylation is 1. The highest BCUT2D eigenvalue weighted by atomic mass is 32.1. The van der Waals surface area contributed by atoms with E-state index in [0.717, 1.165) is 25.9 Å². The van der Waals surface area contributed by atoms with Gasteiger partial charge in [-0.3, -0.25) is 0 Å². The Morgan fingerprint density at radius 3 is 2.80 bits per heavy atom. The van der Waals surface area contributed by atoms with Crippen LogP contribution in [-0.4, -0.2) is 23.7 Å². The zero-order valence-corrected chi connectivity index (χ0v) is 14.2. The van der Waals surface area contributed by atoms with Crippen molar-refractivity contribution in [2.75, 3.05) is 6.61 Å². The summed E-state index contributed by atoms with van der Waals surface area (Å²) >= 11 is 1.83. The van der Waals surface area contributed by atoms with Gasteiger partial charge >= 0.3 is 0 Å². The van der Waals surface area contributed by atoms with Crippen molar-refractivity contribution < 1.29 is 4.74 Å². The molecular weight excluding hydrogens is 268 g/mol. The topological polar surface area (TPSA) is 34.1 Å². The van der Waals surface area contributed by atoms with Gasteiger partial charge in [-0.2, -0.15) is 0 Å². The summed E-state index contributed by atoms with van der Waals surface area (Å²) in [6.45, 7) is 11.9. The largest absolute Gasteiger partial charge is 0.378 e. The molecule has 2 rings (SSSR count). The van der Waals surface area contributed by atoms with Gasteiger partial charge in [-0.05, 0) is 33.1 Å². The third-order valence-electron chi connectivity index (χ3n) is 4.85. The Balaban J connectivity index is 1.96. The smallest absolute Gasteiger partial charge is 0.109 e. The molecule has 1 N–H and O–H groups in total. The van der Waals surface area contributed by atoms with Crippen LogP contribution >= 0.6 is 11.3 Å². The van der Waals surface area contributed by atoms with Crippen LogP contribution in [0.1, 0.15) is 63.4 Å². The Kier molecular flexibility index (Phi) is 5.21. The van der Waals surface area contributed by atoms with Crippen molar-refractivity contribution in [3.63, 3.8) is 0 Å². The molecule has 1 aromatic rings. The third kappa shape index (κ3) is 2.92. The molecule has 1 aliphatic rings. The lowest BCUT2D eigenvalue weighted by atomic mass is 9.61. The lowest BCUT2D eigenvalue weighted by Gasteiger charge is -2.54. The monoisotopic (exact) mass is 296 g/mol. The molecule has 0 saturated heterocycles. The zero-order chi connectivity index (χ0) is 14.8. The lowest BCUT2D eigenvalue weighted by molar-refractivity contribution is -0.127. The first-order chi connectivity index (χ1) is 9.55. The summed E-state index contributed by atoms with van der Waals surface area (Å²) in [6, 6.07) is 0.867. The van der Waals surface area contributed by atoms with E-state index >= 15 is 0 Å². The number of nitrogens with one attached hydrogen (secondary N) is 1. The van der Waals surface area contributed by atoms with E-state index in [1.165, 1.54) is 9.88 Å². The van der Waals surface area contributed by atoms with Gasteiger partial charge < -0.3 is 10.1 Å². The van der Waals surface area contributed by atoms with Crippen molar-refractivity contribution in [1.29, 1.82) is 0 Å². The van der Waals surface area contributed by atoms with E-state index in [-0.39, 0.29) is 5.41 Å². The number of ether oxygens (including phenoxy) is 1. The molecule has 1 saturated carbocycles. The first-order valence-electron chi connectivity index (χ1n) is 7.87. The molecule has 4 atom stereocenters. The van der Waals surface area contributed by atoms with Crippen LogP contribution < -0.4 is 5.32 Å². The van der Waals surface area contributed by atoms with Gasteiger partial charge in [0.15, 0.2) is 0 Å². The summed E-state index contributed by atoms with van der Waals surface area (Å²) in [5, 5.41) is 4.98. The minimum absolute atomic E-state index is 0.259. The second-order valence-electron chi connectivity index (χ2n) is 6.00. The molecule has 4 heteroatoms. The number of rotatable bonds is 7. The van der Waals surface area contributed by atoms with Crippen molar-refractivity contribution in [1.82, 2.24) is 10.3 Å². The van der Waals surface area contributed by atoms with Crippen molar-refractivity contribution in [2.24, 2.45) is 5.41 Å². The van der Waals surface area contributed by atoms with E-state index < -0.39 is 0 Å². The summed E-state index contributed by atoms with van der Waals surface area (Å²) < 4.78 is 5.87. The molecule has 0 aromatic carbocycles. The van der Waals surface area contributed by atoms with Crippen LogP contribution in [0.15, 0.2) is 6.20 Å². The molecule has 4 unspecified atom stereocenters. The van der Waals surface area contributed by atoms with Crippen molar-refractivity contribution in [2.45, 2.75) is 72.1 Å². The van der Waals surface area contributed by atoms with Crippen LogP contribution in [0.5, 0.6) is 0 Å². The predicted octanol–water partition coefficient (Wildman–Crippen LogP) is 3.95. The predicted molar refractivity (Wildman–Crippen MR) is 85.3 cm³/mol. The average molecular weight is 296 g/mol. The molecule has 1 fully saturated rings. The van der Waals surface area contributed by atoms with Gasteiger partial charge in [-0.25, -0.2) is 4.98 Å². The van der Waals surface area contributed by atoms with Gasteiger partial charge in [0.25, 0.3) is 0 Å². The van der Waals surface area contributed by atoms with Gasteiger partial charge in [-0.1, -0.05) is 20.8 Å². The molecular formula is C16H28N2OS. The van der Waals surface area contributed by atoms with Crippen LogP contribution in [0.4, 0.5) is 0 Å². The van der Waals surface area contributed by atoms with Crippen LogP contribution in [0.2, 0.25) is 0 Å². The number of thiazole rings is 1. The maximum Gasteiger partial charge on any atom is 0.109 e. The third-order valence-corrected chi connectivity index (χ3v) is 6.18. The number of hydrogen-bond donors (Lipinski definition) is 1. The van der Waals surface area contributed by atoms with Gasteiger partial charge in [-0.15, -0.1) is 11.3 Å². The van der Waals surface area contributed by atoms with E-state index in [1.807, 2.05) is 17.5 Å². The Morgan fingerprint density at radius 1 is 1.50 bits per heavy atom. The van der Waals surface area contributed by atoms with Crippen LogP contribution in [0, 0.1) is 5.41 Å². The normalized spacial score (nSPS) is 31.1. The van der Waals surface area contributed by atoms with Crippen molar-refractivity contribution >= 4 is 11.3 Å².